The Kier molecular flexibility index (Phi) is 5.38. The van der Waals surface area contributed by atoms with E-state index in [-0.39, 0.29) is 23.5 Å². The zero-order chi connectivity index (χ0) is 18.9. The summed E-state index contributed by atoms with van der Waals surface area (Å²) in [6.45, 7) is 3.80. The predicted octanol–water partition coefficient (Wildman–Crippen LogP) is 1.57. The van der Waals surface area contributed by atoms with Gasteiger partial charge in [0.1, 0.15) is 0 Å². The first-order chi connectivity index (χ1) is 12.3. The summed E-state index contributed by atoms with van der Waals surface area (Å²) in [4.78, 5) is 12.4. The van der Waals surface area contributed by atoms with Crippen LogP contribution in [0.15, 0.2) is 29.4 Å². The minimum absolute atomic E-state index is 0.0253. The molecule has 0 saturated carbocycles. The van der Waals surface area contributed by atoms with Crippen LogP contribution in [0.2, 0.25) is 0 Å². The topological polar surface area (TPSA) is 94.0 Å². The van der Waals surface area contributed by atoms with E-state index >= 15 is 0 Å². The zero-order valence-electron chi connectivity index (χ0n) is 15.0. The smallest absolute Gasteiger partial charge is 0.233 e. The molecule has 1 saturated heterocycles. The number of rotatable bonds is 5. The maximum absolute atomic E-state index is 12.4. The highest BCUT2D eigenvalue weighted by Crippen LogP contribution is 2.27. The third kappa shape index (κ3) is 4.09. The van der Waals surface area contributed by atoms with Gasteiger partial charge in [-0.25, -0.2) is 8.42 Å². The van der Waals surface area contributed by atoms with Gasteiger partial charge in [-0.3, -0.25) is 4.79 Å². The Morgan fingerprint density at radius 3 is 2.73 bits per heavy atom. The van der Waals surface area contributed by atoms with Crippen LogP contribution in [0.4, 0.5) is 0 Å². The summed E-state index contributed by atoms with van der Waals surface area (Å²) in [7, 11) is -1.14. The monoisotopic (exact) mass is 394 g/mol. The molecule has 1 aromatic carbocycles. The number of thioether (sulfide) groups is 1. The molecule has 2 aromatic rings. The van der Waals surface area contributed by atoms with Gasteiger partial charge in [0.15, 0.2) is 20.8 Å². The number of aryl methyl sites for hydroxylation is 1. The summed E-state index contributed by atoms with van der Waals surface area (Å²) < 4.78 is 24.9. The van der Waals surface area contributed by atoms with Gasteiger partial charge in [-0.1, -0.05) is 36.0 Å². The molecule has 9 heteroatoms. The van der Waals surface area contributed by atoms with Crippen molar-refractivity contribution in [3.8, 4) is 11.4 Å². The van der Waals surface area contributed by atoms with E-state index in [0.29, 0.717) is 11.6 Å². The Hall–Kier alpha value is -1.87. The van der Waals surface area contributed by atoms with Gasteiger partial charge < -0.3 is 9.88 Å². The minimum Gasteiger partial charge on any atom is -0.351 e. The average molecular weight is 395 g/mol. The Bertz CT molecular complexity index is 924. The van der Waals surface area contributed by atoms with Crippen molar-refractivity contribution in [2.45, 2.75) is 36.7 Å². The van der Waals surface area contributed by atoms with Gasteiger partial charge in [0, 0.05) is 18.7 Å². The fourth-order valence-corrected chi connectivity index (χ4v) is 5.41. The minimum atomic E-state index is -3.01. The molecule has 0 unspecified atom stereocenters. The molecule has 140 valence electrons. The molecule has 1 aliphatic heterocycles. The molecular formula is C17H22N4O3S2. The zero-order valence-corrected chi connectivity index (χ0v) is 16.6. The number of nitrogens with one attached hydrogen (secondary N) is 1. The van der Waals surface area contributed by atoms with Gasteiger partial charge in [0.25, 0.3) is 0 Å². The van der Waals surface area contributed by atoms with E-state index in [2.05, 4.69) is 15.5 Å². The van der Waals surface area contributed by atoms with Crippen LogP contribution in [0.25, 0.3) is 11.4 Å². The van der Waals surface area contributed by atoms with E-state index in [9.17, 15) is 13.2 Å². The molecule has 3 rings (SSSR count). The first-order valence-corrected chi connectivity index (χ1v) is 11.1. The number of sulfone groups is 1. The van der Waals surface area contributed by atoms with Crippen LogP contribution >= 0.6 is 11.8 Å². The highest BCUT2D eigenvalue weighted by atomic mass is 32.2. The number of benzene rings is 1. The van der Waals surface area contributed by atoms with E-state index in [0.717, 1.165) is 17.0 Å². The first kappa shape index (κ1) is 18.9. The second kappa shape index (κ2) is 7.40. The first-order valence-electron chi connectivity index (χ1n) is 8.39. The Morgan fingerprint density at radius 1 is 1.35 bits per heavy atom. The van der Waals surface area contributed by atoms with Crippen molar-refractivity contribution in [2.24, 2.45) is 7.05 Å². The van der Waals surface area contributed by atoms with Crippen molar-refractivity contribution in [3.05, 3.63) is 29.8 Å². The van der Waals surface area contributed by atoms with Gasteiger partial charge in [-0.15, -0.1) is 10.2 Å². The number of nitrogens with zero attached hydrogens (tertiary/aromatic N) is 3. The molecule has 2 atom stereocenters. The summed E-state index contributed by atoms with van der Waals surface area (Å²) in [5.41, 5.74) is 2.11. The molecule has 0 aliphatic carbocycles. The molecule has 2 heterocycles. The fraction of sp³-hybridized carbons (Fsp3) is 0.471. The van der Waals surface area contributed by atoms with Crippen LogP contribution in [0.1, 0.15) is 18.9 Å². The lowest BCUT2D eigenvalue weighted by atomic mass is 10.1. The summed E-state index contributed by atoms with van der Waals surface area (Å²) in [5, 5.41) is 11.5. The highest BCUT2D eigenvalue weighted by Gasteiger charge is 2.30. The van der Waals surface area contributed by atoms with Crippen LogP contribution in [-0.4, -0.2) is 51.9 Å². The van der Waals surface area contributed by atoms with Gasteiger partial charge in [0.2, 0.25) is 5.91 Å². The summed E-state index contributed by atoms with van der Waals surface area (Å²) in [6.07, 6.45) is 0.479. The van der Waals surface area contributed by atoms with E-state index < -0.39 is 15.1 Å². The predicted molar refractivity (Wildman–Crippen MR) is 102 cm³/mol. The van der Waals surface area contributed by atoms with Crippen LogP contribution in [0, 0.1) is 6.92 Å². The third-order valence-electron chi connectivity index (χ3n) is 4.45. The maximum Gasteiger partial charge on any atom is 0.233 e. The second-order valence-electron chi connectivity index (χ2n) is 6.55. The van der Waals surface area contributed by atoms with E-state index in [1.165, 1.54) is 11.8 Å². The standard InChI is InChI=1S/C17H22N4O3S2/c1-11-6-4-5-7-14(11)15-19-20-17(21(15)3)25-12(2)16(22)18-13-8-9-26(23,24)10-13/h4-7,12-13H,8-10H2,1-3H3,(H,18,22)/t12-,13+/m0/s1. The number of carbonyl (C=O) groups excluding carboxylic acids is 1. The molecule has 0 radical (unpaired) electrons. The summed E-state index contributed by atoms with van der Waals surface area (Å²) in [6, 6.07) is 7.64. The van der Waals surface area contributed by atoms with Gasteiger partial charge >= 0.3 is 0 Å². The molecule has 26 heavy (non-hydrogen) atoms. The van der Waals surface area contributed by atoms with Crippen molar-refractivity contribution in [1.82, 2.24) is 20.1 Å². The molecule has 1 amide bonds. The molecule has 1 fully saturated rings. The van der Waals surface area contributed by atoms with Crippen molar-refractivity contribution in [1.29, 1.82) is 0 Å². The average Bonchev–Trinajstić information content (AvgIpc) is 3.10. The lowest BCUT2D eigenvalue weighted by Gasteiger charge is -2.15. The number of carbonyl (C=O) groups is 1. The Morgan fingerprint density at radius 2 is 2.08 bits per heavy atom. The lowest BCUT2D eigenvalue weighted by Crippen LogP contribution is -2.40. The number of hydrogen-bond acceptors (Lipinski definition) is 6. The van der Waals surface area contributed by atoms with E-state index in [1.807, 2.05) is 42.8 Å². The Balaban J connectivity index is 1.67. The van der Waals surface area contributed by atoms with Gasteiger partial charge in [0.05, 0.1) is 16.8 Å². The number of amides is 1. The van der Waals surface area contributed by atoms with Crippen LogP contribution in [0.3, 0.4) is 0 Å². The fourth-order valence-electron chi connectivity index (χ4n) is 2.91. The second-order valence-corrected chi connectivity index (χ2v) is 10.1. The molecule has 1 aromatic heterocycles. The van der Waals surface area contributed by atoms with Crippen LogP contribution in [0.5, 0.6) is 0 Å². The van der Waals surface area contributed by atoms with Crippen LogP contribution in [-0.2, 0) is 21.7 Å². The van der Waals surface area contributed by atoms with Crippen LogP contribution < -0.4 is 5.32 Å². The molecule has 0 spiro atoms. The molecule has 7 nitrogen and oxygen atoms in total. The van der Waals surface area contributed by atoms with Crippen molar-refractivity contribution in [3.63, 3.8) is 0 Å². The normalized spacial score (nSPS) is 20.0. The molecule has 1 N–H and O–H groups in total. The highest BCUT2D eigenvalue weighted by molar-refractivity contribution is 8.00. The number of hydrogen-bond donors (Lipinski definition) is 1. The van der Waals surface area contributed by atoms with Crippen molar-refractivity contribution >= 4 is 27.5 Å². The molecular weight excluding hydrogens is 372 g/mol. The molecule has 0 bridgehead atoms. The summed E-state index contributed by atoms with van der Waals surface area (Å²) in [5.74, 6) is 0.734. The summed E-state index contributed by atoms with van der Waals surface area (Å²) >= 11 is 1.31. The third-order valence-corrected chi connectivity index (χ3v) is 7.35. The Labute approximate surface area is 157 Å². The van der Waals surface area contributed by atoms with Gasteiger partial charge in [-0.05, 0) is 25.8 Å². The van der Waals surface area contributed by atoms with E-state index in [1.54, 1.807) is 6.92 Å². The lowest BCUT2D eigenvalue weighted by molar-refractivity contribution is -0.120. The SMILES string of the molecule is Cc1ccccc1-c1nnc(S[C@@H](C)C(=O)N[C@@H]2CCS(=O)(=O)C2)n1C. The van der Waals surface area contributed by atoms with Crippen molar-refractivity contribution < 1.29 is 13.2 Å². The van der Waals surface area contributed by atoms with E-state index in [4.69, 9.17) is 0 Å². The molecule has 1 aliphatic rings. The number of aromatic nitrogens is 3. The van der Waals surface area contributed by atoms with Crippen molar-refractivity contribution in [2.75, 3.05) is 11.5 Å². The quantitative estimate of drug-likeness (QED) is 0.774. The van der Waals surface area contributed by atoms with Gasteiger partial charge in [-0.2, -0.15) is 0 Å². The maximum atomic E-state index is 12.4. The largest absolute Gasteiger partial charge is 0.351 e.